The SMILES string of the molecule is O=C(c1ccccc1N1CC(CCl)CC1=O)N1CCCC1. The van der Waals surface area contributed by atoms with Gasteiger partial charge in [0.15, 0.2) is 0 Å². The molecule has 1 unspecified atom stereocenters. The first-order valence-electron chi connectivity index (χ1n) is 7.45. The van der Waals surface area contributed by atoms with Crippen LogP contribution in [0, 0.1) is 5.92 Å². The number of nitrogens with zero attached hydrogens (tertiary/aromatic N) is 2. The lowest BCUT2D eigenvalue weighted by atomic mass is 10.1. The highest BCUT2D eigenvalue weighted by Gasteiger charge is 2.33. The predicted molar refractivity (Wildman–Crippen MR) is 82.8 cm³/mol. The molecule has 2 aliphatic rings. The van der Waals surface area contributed by atoms with Gasteiger partial charge in [0, 0.05) is 31.9 Å². The maximum Gasteiger partial charge on any atom is 0.255 e. The van der Waals surface area contributed by atoms with Gasteiger partial charge in [0.05, 0.1) is 11.3 Å². The maximum absolute atomic E-state index is 12.6. The van der Waals surface area contributed by atoms with Crippen molar-refractivity contribution < 1.29 is 9.59 Å². The van der Waals surface area contributed by atoms with E-state index in [1.54, 1.807) is 4.90 Å². The van der Waals surface area contributed by atoms with E-state index in [0.717, 1.165) is 31.6 Å². The fourth-order valence-corrected chi connectivity index (χ4v) is 3.30. The molecule has 1 aromatic rings. The second-order valence-corrected chi connectivity index (χ2v) is 6.05. The number of alkyl halides is 1. The minimum atomic E-state index is 0.0326. The first-order chi connectivity index (χ1) is 10.2. The van der Waals surface area contributed by atoms with E-state index in [1.165, 1.54) is 0 Å². The number of para-hydroxylation sites is 1. The highest BCUT2D eigenvalue weighted by Crippen LogP contribution is 2.30. The zero-order chi connectivity index (χ0) is 14.8. The van der Waals surface area contributed by atoms with E-state index in [1.807, 2.05) is 29.2 Å². The van der Waals surface area contributed by atoms with Crippen LogP contribution in [0.2, 0.25) is 0 Å². The van der Waals surface area contributed by atoms with Crippen molar-refractivity contribution in [2.75, 3.05) is 30.4 Å². The number of carbonyl (C=O) groups excluding carboxylic acids is 2. The van der Waals surface area contributed by atoms with E-state index in [2.05, 4.69) is 0 Å². The van der Waals surface area contributed by atoms with Gasteiger partial charge in [-0.2, -0.15) is 0 Å². The standard InChI is InChI=1S/C16H19ClN2O2/c17-10-12-9-15(20)19(11-12)14-6-2-1-5-13(14)16(21)18-7-3-4-8-18/h1-2,5-6,12H,3-4,7-11H2. The van der Waals surface area contributed by atoms with Gasteiger partial charge in [-0.25, -0.2) is 0 Å². The van der Waals surface area contributed by atoms with Gasteiger partial charge in [0.25, 0.3) is 5.91 Å². The van der Waals surface area contributed by atoms with Crippen molar-refractivity contribution in [3.63, 3.8) is 0 Å². The highest BCUT2D eigenvalue weighted by molar-refractivity contribution is 6.18. The lowest BCUT2D eigenvalue weighted by Gasteiger charge is -2.22. The summed E-state index contributed by atoms with van der Waals surface area (Å²) in [5.41, 5.74) is 1.36. The summed E-state index contributed by atoms with van der Waals surface area (Å²) < 4.78 is 0. The summed E-state index contributed by atoms with van der Waals surface area (Å²) in [6, 6.07) is 7.40. The molecule has 2 fully saturated rings. The third kappa shape index (κ3) is 2.77. The van der Waals surface area contributed by atoms with E-state index >= 15 is 0 Å². The van der Waals surface area contributed by atoms with Crippen LogP contribution in [-0.4, -0.2) is 42.2 Å². The zero-order valence-corrected chi connectivity index (χ0v) is 12.7. The maximum atomic E-state index is 12.6. The summed E-state index contributed by atoms with van der Waals surface area (Å²) in [6.45, 7) is 2.23. The van der Waals surface area contributed by atoms with Crippen molar-refractivity contribution in [3.05, 3.63) is 29.8 Å². The van der Waals surface area contributed by atoms with Crippen molar-refractivity contribution in [3.8, 4) is 0 Å². The molecule has 0 radical (unpaired) electrons. The number of rotatable bonds is 3. The molecule has 3 rings (SSSR count). The van der Waals surface area contributed by atoms with Crippen LogP contribution in [0.3, 0.4) is 0 Å². The number of amides is 2. The molecule has 2 saturated heterocycles. The average molecular weight is 307 g/mol. The number of carbonyl (C=O) groups is 2. The molecular formula is C16H19ClN2O2. The molecule has 1 atom stereocenters. The van der Waals surface area contributed by atoms with Crippen LogP contribution in [-0.2, 0) is 4.79 Å². The van der Waals surface area contributed by atoms with Crippen molar-refractivity contribution in [2.24, 2.45) is 5.92 Å². The number of benzene rings is 1. The summed E-state index contributed by atoms with van der Waals surface area (Å²) in [5, 5.41) is 0. The van der Waals surface area contributed by atoms with Crippen molar-refractivity contribution >= 4 is 29.1 Å². The molecule has 0 saturated carbocycles. The van der Waals surface area contributed by atoms with Crippen molar-refractivity contribution in [2.45, 2.75) is 19.3 Å². The van der Waals surface area contributed by atoms with Crippen LogP contribution in [0.4, 0.5) is 5.69 Å². The minimum Gasteiger partial charge on any atom is -0.339 e. The molecule has 0 N–H and O–H groups in total. The first-order valence-corrected chi connectivity index (χ1v) is 7.99. The molecule has 0 aliphatic carbocycles. The van der Waals surface area contributed by atoms with Gasteiger partial charge >= 0.3 is 0 Å². The van der Waals surface area contributed by atoms with Crippen molar-refractivity contribution in [1.82, 2.24) is 4.90 Å². The zero-order valence-electron chi connectivity index (χ0n) is 11.9. The smallest absolute Gasteiger partial charge is 0.255 e. The molecule has 0 spiro atoms. The Labute approximate surface area is 129 Å². The van der Waals surface area contributed by atoms with Crippen molar-refractivity contribution in [1.29, 1.82) is 0 Å². The molecule has 2 aliphatic heterocycles. The van der Waals surface area contributed by atoms with E-state index in [4.69, 9.17) is 11.6 Å². The number of halogens is 1. The molecular weight excluding hydrogens is 288 g/mol. The Morgan fingerprint density at radius 1 is 1.24 bits per heavy atom. The Balaban J connectivity index is 1.89. The van der Waals surface area contributed by atoms with E-state index in [9.17, 15) is 9.59 Å². The Bertz CT molecular complexity index is 555. The summed E-state index contributed by atoms with van der Waals surface area (Å²) in [6.07, 6.45) is 2.59. The lowest BCUT2D eigenvalue weighted by molar-refractivity contribution is -0.117. The van der Waals surface area contributed by atoms with Gasteiger partial charge in [-0.3, -0.25) is 9.59 Å². The van der Waals surface area contributed by atoms with Gasteiger partial charge < -0.3 is 9.80 Å². The Hall–Kier alpha value is -1.55. The summed E-state index contributed by atoms with van der Waals surface area (Å²) in [5.74, 6) is 0.742. The predicted octanol–water partition coefficient (Wildman–Crippen LogP) is 2.51. The fourth-order valence-electron chi connectivity index (χ4n) is 3.10. The van der Waals surface area contributed by atoms with Gasteiger partial charge in [0.1, 0.15) is 0 Å². The summed E-state index contributed by atoms with van der Waals surface area (Å²) in [4.78, 5) is 28.4. The molecule has 5 heteroatoms. The molecule has 112 valence electrons. The first kappa shape index (κ1) is 14.4. The number of anilines is 1. The lowest BCUT2D eigenvalue weighted by Crippen LogP contribution is -2.32. The Kier molecular flexibility index (Phi) is 4.15. The quantitative estimate of drug-likeness (QED) is 0.805. The van der Waals surface area contributed by atoms with Crippen LogP contribution in [0.1, 0.15) is 29.6 Å². The molecule has 0 bridgehead atoms. The highest BCUT2D eigenvalue weighted by atomic mass is 35.5. The monoisotopic (exact) mass is 306 g/mol. The van der Waals surface area contributed by atoms with Gasteiger partial charge in [0.2, 0.25) is 5.91 Å². The minimum absolute atomic E-state index is 0.0326. The molecule has 2 heterocycles. The summed E-state index contributed by atoms with van der Waals surface area (Å²) >= 11 is 5.88. The number of hydrogen-bond donors (Lipinski definition) is 0. The molecule has 4 nitrogen and oxygen atoms in total. The topological polar surface area (TPSA) is 40.6 Å². The normalized spacial score (nSPS) is 22.1. The average Bonchev–Trinajstić information content (AvgIpc) is 3.16. The third-order valence-electron chi connectivity index (χ3n) is 4.24. The Morgan fingerprint density at radius 3 is 2.62 bits per heavy atom. The molecule has 1 aromatic carbocycles. The van der Waals surface area contributed by atoms with E-state index < -0.39 is 0 Å². The second kappa shape index (κ2) is 6.06. The van der Waals surface area contributed by atoms with Gasteiger partial charge in [-0.15, -0.1) is 11.6 Å². The van der Waals surface area contributed by atoms with E-state index in [0.29, 0.717) is 24.4 Å². The molecule has 0 aromatic heterocycles. The fraction of sp³-hybridized carbons (Fsp3) is 0.500. The molecule has 21 heavy (non-hydrogen) atoms. The van der Waals surface area contributed by atoms with Crippen LogP contribution in [0.5, 0.6) is 0 Å². The van der Waals surface area contributed by atoms with Crippen LogP contribution >= 0.6 is 11.6 Å². The number of likely N-dealkylation sites (tertiary alicyclic amines) is 1. The van der Waals surface area contributed by atoms with E-state index in [-0.39, 0.29) is 17.7 Å². The molecule has 2 amide bonds. The third-order valence-corrected chi connectivity index (χ3v) is 4.68. The van der Waals surface area contributed by atoms with Gasteiger partial charge in [-0.1, -0.05) is 12.1 Å². The summed E-state index contributed by atoms with van der Waals surface area (Å²) in [7, 11) is 0. The second-order valence-electron chi connectivity index (χ2n) is 5.75. The van der Waals surface area contributed by atoms with Crippen LogP contribution in [0.15, 0.2) is 24.3 Å². The van der Waals surface area contributed by atoms with Crippen LogP contribution in [0.25, 0.3) is 0 Å². The number of hydrogen-bond acceptors (Lipinski definition) is 2. The van der Waals surface area contributed by atoms with Crippen LogP contribution < -0.4 is 4.90 Å². The Morgan fingerprint density at radius 2 is 1.95 bits per heavy atom. The largest absolute Gasteiger partial charge is 0.339 e. The van der Waals surface area contributed by atoms with Gasteiger partial charge in [-0.05, 0) is 30.9 Å².